The molecule has 0 aliphatic rings. The number of thioether (sulfide) groups is 1. The number of hydrogen-bond donors (Lipinski definition) is 1. The topological polar surface area (TPSA) is 68.4 Å². The number of nitrogens with one attached hydrogen (secondary N) is 1. The van der Waals surface area contributed by atoms with E-state index in [0.717, 1.165) is 23.3 Å². The molecule has 0 aliphatic carbocycles. The van der Waals surface area contributed by atoms with Gasteiger partial charge >= 0.3 is 0 Å². The van der Waals surface area contributed by atoms with Gasteiger partial charge in [0.1, 0.15) is 5.75 Å². The molecular formula is C15H19NO4S. The van der Waals surface area contributed by atoms with Gasteiger partial charge in [0.15, 0.2) is 6.29 Å². The van der Waals surface area contributed by atoms with Gasteiger partial charge in [-0.25, -0.2) is 0 Å². The predicted octanol–water partition coefficient (Wildman–Crippen LogP) is 2.55. The number of hydrogen-bond acceptors (Lipinski definition) is 5. The van der Waals surface area contributed by atoms with Gasteiger partial charge in [-0.3, -0.25) is 9.59 Å². The fourth-order valence-electron chi connectivity index (χ4n) is 1.67. The summed E-state index contributed by atoms with van der Waals surface area (Å²) in [5, 5.41) is 0.730. The molecule has 6 heteroatoms. The Morgan fingerprint density at radius 1 is 1.38 bits per heavy atom. The first kappa shape index (κ1) is 17.3. The molecule has 0 saturated carbocycles. The van der Waals surface area contributed by atoms with Crippen LogP contribution >= 0.6 is 11.8 Å². The van der Waals surface area contributed by atoms with Gasteiger partial charge in [0.25, 0.3) is 0 Å². The monoisotopic (exact) mass is 309 g/mol. The molecule has 21 heavy (non-hydrogen) atoms. The summed E-state index contributed by atoms with van der Waals surface area (Å²) in [6, 6.07) is 5.27. The highest BCUT2D eigenvalue weighted by Crippen LogP contribution is 2.23. The molecular weight excluding hydrogens is 290 g/mol. The summed E-state index contributed by atoms with van der Waals surface area (Å²) < 4.78 is 9.81. The van der Waals surface area contributed by atoms with Crippen LogP contribution in [-0.2, 0) is 9.53 Å². The number of benzene rings is 1. The third-order valence-corrected chi connectivity index (χ3v) is 3.33. The molecule has 0 aliphatic heterocycles. The van der Waals surface area contributed by atoms with Crippen LogP contribution in [0.25, 0.3) is 10.9 Å². The zero-order chi connectivity index (χ0) is 15.7. The number of Topliss-reactive ketones (excluding diaryl/α,β-unsaturated/α-hetero) is 1. The molecule has 0 unspecified atom stereocenters. The quantitative estimate of drug-likeness (QED) is 0.384. The Bertz CT molecular complexity index is 590. The number of fused-ring (bicyclic) bond motifs is 1. The second-order valence-corrected chi connectivity index (χ2v) is 5.07. The van der Waals surface area contributed by atoms with E-state index in [2.05, 4.69) is 11.2 Å². The fraction of sp³-hybridized carbons (Fsp3) is 0.333. The van der Waals surface area contributed by atoms with Crippen molar-refractivity contribution in [2.75, 3.05) is 32.8 Å². The zero-order valence-electron chi connectivity index (χ0n) is 12.3. The number of carbonyl (C=O) groups excluding carboxylic acids is 2. The lowest BCUT2D eigenvalue weighted by atomic mass is 10.1. The van der Waals surface area contributed by atoms with Crippen molar-refractivity contribution in [2.24, 2.45) is 0 Å². The van der Waals surface area contributed by atoms with Gasteiger partial charge in [-0.15, -0.1) is 0 Å². The van der Waals surface area contributed by atoms with Gasteiger partial charge in [0, 0.05) is 36.0 Å². The van der Waals surface area contributed by atoms with Crippen molar-refractivity contribution in [1.82, 2.24) is 4.98 Å². The van der Waals surface area contributed by atoms with Crippen LogP contribution in [0.4, 0.5) is 0 Å². The van der Waals surface area contributed by atoms with Crippen molar-refractivity contribution in [2.45, 2.75) is 0 Å². The Hall–Kier alpha value is -1.79. The van der Waals surface area contributed by atoms with E-state index in [0.29, 0.717) is 17.6 Å². The minimum atomic E-state index is -0.522. The molecule has 2 rings (SSSR count). The number of H-pyrrole nitrogens is 1. The summed E-state index contributed by atoms with van der Waals surface area (Å²) >= 11 is 1.80. The summed E-state index contributed by atoms with van der Waals surface area (Å²) in [6.45, 7) is 0.876. The standard InChI is InChI=1S/C11H9NO3.C4H10OS/c1-15-7-2-3-8-9(11(14)6-13)5-12-10(8)4-7;1-5-3-4-6-2/h2-6,12H,1H3;3-4H2,1-2H3. The van der Waals surface area contributed by atoms with E-state index in [1.54, 1.807) is 44.2 Å². The molecule has 0 saturated heterocycles. The van der Waals surface area contributed by atoms with E-state index >= 15 is 0 Å². The lowest BCUT2D eigenvalue weighted by Crippen LogP contribution is -1.97. The average molecular weight is 309 g/mol. The Morgan fingerprint density at radius 3 is 2.67 bits per heavy atom. The molecule has 0 amide bonds. The van der Waals surface area contributed by atoms with Crippen LogP contribution in [0.3, 0.4) is 0 Å². The maximum atomic E-state index is 11.2. The smallest absolute Gasteiger partial charge is 0.227 e. The number of aldehydes is 1. The Balaban J connectivity index is 0.000000315. The van der Waals surface area contributed by atoms with Crippen LogP contribution in [0.15, 0.2) is 24.4 Å². The highest BCUT2D eigenvalue weighted by Gasteiger charge is 2.10. The van der Waals surface area contributed by atoms with Crippen LogP contribution < -0.4 is 4.74 Å². The van der Waals surface area contributed by atoms with Crippen molar-refractivity contribution >= 4 is 34.7 Å². The van der Waals surface area contributed by atoms with Crippen LogP contribution in [0.2, 0.25) is 0 Å². The van der Waals surface area contributed by atoms with E-state index in [1.165, 1.54) is 6.20 Å². The molecule has 0 bridgehead atoms. The van der Waals surface area contributed by atoms with Crippen LogP contribution in [0.1, 0.15) is 10.4 Å². The number of rotatable bonds is 6. The Kier molecular flexibility index (Phi) is 7.56. The van der Waals surface area contributed by atoms with Crippen molar-refractivity contribution in [3.63, 3.8) is 0 Å². The van der Waals surface area contributed by atoms with Crippen LogP contribution in [-0.4, -0.2) is 49.9 Å². The number of ketones is 1. The van der Waals surface area contributed by atoms with E-state index < -0.39 is 5.78 Å². The van der Waals surface area contributed by atoms with E-state index in [-0.39, 0.29) is 0 Å². The first-order valence-corrected chi connectivity index (χ1v) is 7.69. The van der Waals surface area contributed by atoms with Gasteiger partial charge in [-0.1, -0.05) is 0 Å². The normalized spacial score (nSPS) is 9.86. The first-order valence-electron chi connectivity index (χ1n) is 6.30. The summed E-state index contributed by atoms with van der Waals surface area (Å²) in [7, 11) is 3.29. The van der Waals surface area contributed by atoms with E-state index in [1.807, 2.05) is 0 Å². The summed E-state index contributed by atoms with van der Waals surface area (Å²) in [6.07, 6.45) is 3.91. The minimum absolute atomic E-state index is 0.312. The third-order valence-electron chi connectivity index (χ3n) is 2.75. The molecule has 5 nitrogen and oxygen atoms in total. The highest BCUT2D eigenvalue weighted by molar-refractivity contribution is 7.98. The van der Waals surface area contributed by atoms with Gasteiger partial charge < -0.3 is 14.5 Å². The Morgan fingerprint density at radius 2 is 2.14 bits per heavy atom. The molecule has 1 aromatic heterocycles. The molecule has 0 fully saturated rings. The summed E-state index contributed by atoms with van der Waals surface area (Å²) in [5.41, 5.74) is 1.17. The highest BCUT2D eigenvalue weighted by atomic mass is 32.2. The second-order valence-electron chi connectivity index (χ2n) is 4.08. The largest absolute Gasteiger partial charge is 0.497 e. The molecule has 2 aromatic rings. The molecule has 114 valence electrons. The van der Waals surface area contributed by atoms with Gasteiger partial charge in [0.05, 0.1) is 19.3 Å². The summed E-state index contributed by atoms with van der Waals surface area (Å²) in [4.78, 5) is 24.5. The molecule has 0 atom stereocenters. The van der Waals surface area contributed by atoms with E-state index in [9.17, 15) is 9.59 Å². The van der Waals surface area contributed by atoms with Crippen LogP contribution in [0, 0.1) is 0 Å². The average Bonchev–Trinajstić information content (AvgIpc) is 2.95. The molecule has 1 N–H and O–H groups in total. The molecule has 0 radical (unpaired) electrons. The van der Waals surface area contributed by atoms with E-state index in [4.69, 9.17) is 9.47 Å². The number of methoxy groups -OCH3 is 2. The molecule has 1 heterocycles. The fourth-order valence-corrected chi connectivity index (χ4v) is 2.00. The zero-order valence-corrected chi connectivity index (χ0v) is 13.2. The third kappa shape index (κ3) is 4.91. The second kappa shape index (κ2) is 9.20. The van der Waals surface area contributed by atoms with Crippen LogP contribution in [0.5, 0.6) is 5.75 Å². The number of carbonyl (C=O) groups is 2. The minimum Gasteiger partial charge on any atom is -0.497 e. The lowest BCUT2D eigenvalue weighted by Gasteiger charge is -1.98. The maximum Gasteiger partial charge on any atom is 0.227 e. The molecule has 1 aromatic carbocycles. The van der Waals surface area contributed by atoms with Gasteiger partial charge in [-0.05, 0) is 18.4 Å². The predicted molar refractivity (Wildman–Crippen MR) is 85.5 cm³/mol. The molecule has 0 spiro atoms. The van der Waals surface area contributed by atoms with Gasteiger partial charge in [0.2, 0.25) is 5.78 Å². The van der Waals surface area contributed by atoms with Crippen molar-refractivity contribution in [3.8, 4) is 5.75 Å². The van der Waals surface area contributed by atoms with Crippen molar-refractivity contribution in [3.05, 3.63) is 30.0 Å². The SMILES string of the molecule is COCCSC.COc1ccc2c(C(=O)C=O)c[nH]c2c1. The van der Waals surface area contributed by atoms with Crippen molar-refractivity contribution < 1.29 is 19.1 Å². The Labute approximate surface area is 128 Å². The number of ether oxygens (including phenoxy) is 2. The number of aromatic amines is 1. The van der Waals surface area contributed by atoms with Crippen molar-refractivity contribution in [1.29, 1.82) is 0 Å². The van der Waals surface area contributed by atoms with Gasteiger partial charge in [-0.2, -0.15) is 11.8 Å². The maximum absolute atomic E-state index is 11.2. The lowest BCUT2D eigenvalue weighted by molar-refractivity contribution is -0.104. The first-order chi connectivity index (χ1) is 10.2. The summed E-state index contributed by atoms with van der Waals surface area (Å²) in [5.74, 6) is 1.29. The number of aromatic nitrogens is 1.